The number of nitro benzene ring substituents is 1. The molecule has 1 aliphatic rings. The van der Waals surface area contributed by atoms with Crippen molar-refractivity contribution in [1.29, 1.82) is 0 Å². The number of nitrogens with one attached hydrogen (secondary N) is 1. The number of hydrogen-bond donors (Lipinski definition) is 1. The molecular formula is C19H14FN3O3S. The van der Waals surface area contributed by atoms with E-state index in [0.29, 0.717) is 10.6 Å². The zero-order valence-electron chi connectivity index (χ0n) is 14.0. The number of nitro groups is 1. The van der Waals surface area contributed by atoms with E-state index in [-0.39, 0.29) is 35.1 Å². The highest BCUT2D eigenvalue weighted by atomic mass is 32.1. The molecule has 1 amide bonds. The quantitative estimate of drug-likeness (QED) is 0.530. The van der Waals surface area contributed by atoms with Crippen LogP contribution in [-0.4, -0.2) is 21.9 Å². The summed E-state index contributed by atoms with van der Waals surface area (Å²) < 4.78 is 13.3. The van der Waals surface area contributed by atoms with Crippen LogP contribution in [0.15, 0.2) is 53.9 Å². The molecule has 8 heteroatoms. The zero-order chi connectivity index (χ0) is 19.0. The Morgan fingerprint density at radius 1 is 1.26 bits per heavy atom. The van der Waals surface area contributed by atoms with Crippen molar-refractivity contribution in [3.8, 4) is 10.6 Å². The molecule has 1 aliphatic carbocycles. The van der Waals surface area contributed by atoms with Crippen LogP contribution in [0.4, 0.5) is 10.1 Å². The molecule has 1 saturated carbocycles. The minimum Gasteiger partial charge on any atom is -0.347 e. The maximum absolute atomic E-state index is 13.3. The summed E-state index contributed by atoms with van der Waals surface area (Å²) in [6.07, 6.45) is 0.761. The minimum atomic E-state index is -0.468. The second kappa shape index (κ2) is 6.88. The van der Waals surface area contributed by atoms with Gasteiger partial charge in [-0.3, -0.25) is 14.9 Å². The van der Waals surface area contributed by atoms with E-state index in [2.05, 4.69) is 10.3 Å². The van der Waals surface area contributed by atoms with Gasteiger partial charge in [0.2, 0.25) is 0 Å². The molecule has 0 bridgehead atoms. The average molecular weight is 383 g/mol. The van der Waals surface area contributed by atoms with Gasteiger partial charge in [-0.05, 0) is 24.1 Å². The summed E-state index contributed by atoms with van der Waals surface area (Å²) in [6.45, 7) is 0. The lowest BCUT2D eigenvalue weighted by Crippen LogP contribution is -2.26. The number of carbonyl (C=O) groups is 1. The molecule has 27 heavy (non-hydrogen) atoms. The maximum Gasteiger partial charge on any atom is 0.271 e. The van der Waals surface area contributed by atoms with Gasteiger partial charge in [-0.15, -0.1) is 11.3 Å². The van der Waals surface area contributed by atoms with Crippen molar-refractivity contribution in [2.45, 2.75) is 18.4 Å². The highest BCUT2D eigenvalue weighted by molar-refractivity contribution is 7.13. The summed E-state index contributed by atoms with van der Waals surface area (Å²) in [6, 6.07) is 12.5. The minimum absolute atomic E-state index is 0.0235. The topological polar surface area (TPSA) is 85.1 Å². The van der Waals surface area contributed by atoms with E-state index in [0.717, 1.165) is 12.0 Å². The van der Waals surface area contributed by atoms with Gasteiger partial charge in [0.05, 0.1) is 4.92 Å². The van der Waals surface area contributed by atoms with Gasteiger partial charge < -0.3 is 5.32 Å². The molecule has 0 spiro atoms. The van der Waals surface area contributed by atoms with Gasteiger partial charge in [0, 0.05) is 35.0 Å². The number of aromatic nitrogens is 1. The number of benzene rings is 2. The normalized spacial score (nSPS) is 18.1. The number of halogens is 1. The lowest BCUT2D eigenvalue weighted by atomic mass is 10.1. The first-order valence-corrected chi connectivity index (χ1v) is 9.16. The third kappa shape index (κ3) is 3.70. The summed E-state index contributed by atoms with van der Waals surface area (Å²) >= 11 is 1.25. The Morgan fingerprint density at radius 2 is 2.07 bits per heavy atom. The van der Waals surface area contributed by atoms with Crippen LogP contribution in [0, 0.1) is 15.9 Å². The fourth-order valence-electron chi connectivity index (χ4n) is 2.97. The van der Waals surface area contributed by atoms with Gasteiger partial charge >= 0.3 is 0 Å². The fourth-order valence-corrected chi connectivity index (χ4v) is 3.76. The van der Waals surface area contributed by atoms with Gasteiger partial charge in [-0.2, -0.15) is 0 Å². The summed E-state index contributed by atoms with van der Waals surface area (Å²) in [5.41, 5.74) is 1.71. The Bertz CT molecular complexity index is 1040. The second-order valence-corrected chi connectivity index (χ2v) is 7.18. The molecule has 136 valence electrons. The first-order valence-electron chi connectivity index (χ1n) is 8.28. The van der Waals surface area contributed by atoms with Crippen LogP contribution in [0.1, 0.15) is 28.4 Å². The van der Waals surface area contributed by atoms with Crippen molar-refractivity contribution in [3.05, 3.63) is 81.1 Å². The van der Waals surface area contributed by atoms with E-state index in [9.17, 15) is 19.3 Å². The van der Waals surface area contributed by atoms with Crippen LogP contribution < -0.4 is 5.32 Å². The number of carbonyl (C=O) groups excluding carboxylic acids is 1. The Balaban J connectivity index is 1.44. The molecule has 6 nitrogen and oxygen atoms in total. The van der Waals surface area contributed by atoms with E-state index in [1.807, 2.05) is 6.07 Å². The molecule has 2 aromatic carbocycles. The van der Waals surface area contributed by atoms with Crippen LogP contribution in [0.25, 0.3) is 10.6 Å². The highest BCUT2D eigenvalue weighted by Crippen LogP contribution is 2.41. The van der Waals surface area contributed by atoms with Gasteiger partial charge in [-0.25, -0.2) is 9.37 Å². The number of amides is 1. The molecule has 3 aromatic rings. The molecule has 0 radical (unpaired) electrons. The molecule has 1 heterocycles. The van der Waals surface area contributed by atoms with Crippen LogP contribution >= 0.6 is 11.3 Å². The Labute approximate surface area is 157 Å². The van der Waals surface area contributed by atoms with Crippen LogP contribution in [0.5, 0.6) is 0 Å². The molecule has 0 saturated heterocycles. The first kappa shape index (κ1) is 17.3. The van der Waals surface area contributed by atoms with Crippen molar-refractivity contribution < 1.29 is 14.1 Å². The van der Waals surface area contributed by atoms with E-state index in [1.54, 1.807) is 23.6 Å². The summed E-state index contributed by atoms with van der Waals surface area (Å²) in [5, 5.41) is 16.0. The standard InChI is InChI=1S/C19H14FN3O3S/c20-13-5-1-3-11(7-13)15-9-16(15)21-18(24)17-10-27-19(22-17)12-4-2-6-14(8-12)23(25)26/h1-8,10,15-16H,9H2,(H,21,24)/t15-,16+/m0/s1. The molecule has 1 N–H and O–H groups in total. The lowest BCUT2D eigenvalue weighted by molar-refractivity contribution is -0.384. The lowest BCUT2D eigenvalue weighted by Gasteiger charge is -2.03. The SMILES string of the molecule is O=C(N[C@@H]1C[C@H]1c1cccc(F)c1)c1csc(-c2cccc([N+](=O)[O-])c2)n1. The van der Waals surface area contributed by atoms with Crippen LogP contribution in [0.3, 0.4) is 0 Å². The Hall–Kier alpha value is -3.13. The molecule has 2 atom stereocenters. The summed E-state index contributed by atoms with van der Waals surface area (Å²) in [4.78, 5) is 27.1. The fraction of sp³-hybridized carbons (Fsp3) is 0.158. The van der Waals surface area contributed by atoms with Crippen molar-refractivity contribution >= 4 is 22.9 Å². The molecule has 0 unspecified atom stereocenters. The third-order valence-electron chi connectivity index (χ3n) is 4.42. The van der Waals surface area contributed by atoms with Crippen molar-refractivity contribution in [3.63, 3.8) is 0 Å². The van der Waals surface area contributed by atoms with Crippen molar-refractivity contribution in [2.24, 2.45) is 0 Å². The largest absolute Gasteiger partial charge is 0.347 e. The number of hydrogen-bond acceptors (Lipinski definition) is 5. The van der Waals surface area contributed by atoms with Crippen molar-refractivity contribution in [1.82, 2.24) is 10.3 Å². The van der Waals surface area contributed by atoms with Gasteiger partial charge in [0.15, 0.2) is 0 Å². The van der Waals surface area contributed by atoms with Gasteiger partial charge in [0.25, 0.3) is 11.6 Å². The van der Waals surface area contributed by atoms with E-state index < -0.39 is 4.92 Å². The molecule has 1 fully saturated rings. The van der Waals surface area contributed by atoms with E-state index in [1.165, 1.54) is 35.6 Å². The summed E-state index contributed by atoms with van der Waals surface area (Å²) in [5.74, 6) is -0.475. The summed E-state index contributed by atoms with van der Waals surface area (Å²) in [7, 11) is 0. The van der Waals surface area contributed by atoms with Gasteiger partial charge in [0.1, 0.15) is 16.5 Å². The Kier molecular flexibility index (Phi) is 4.41. The third-order valence-corrected chi connectivity index (χ3v) is 5.32. The van der Waals surface area contributed by atoms with E-state index >= 15 is 0 Å². The smallest absolute Gasteiger partial charge is 0.271 e. The average Bonchev–Trinajstić information content (AvgIpc) is 3.24. The van der Waals surface area contributed by atoms with E-state index in [4.69, 9.17) is 0 Å². The number of rotatable bonds is 5. The Morgan fingerprint density at radius 3 is 2.85 bits per heavy atom. The highest BCUT2D eigenvalue weighted by Gasteiger charge is 2.40. The zero-order valence-corrected chi connectivity index (χ0v) is 14.8. The molecule has 1 aromatic heterocycles. The monoisotopic (exact) mass is 383 g/mol. The molecule has 4 rings (SSSR count). The van der Waals surface area contributed by atoms with Crippen LogP contribution in [0.2, 0.25) is 0 Å². The van der Waals surface area contributed by atoms with Crippen molar-refractivity contribution in [2.75, 3.05) is 0 Å². The predicted molar refractivity (Wildman–Crippen MR) is 99.2 cm³/mol. The maximum atomic E-state index is 13.3. The van der Waals surface area contributed by atoms with Crippen LogP contribution in [-0.2, 0) is 0 Å². The predicted octanol–water partition coefficient (Wildman–Crippen LogP) is 4.14. The number of non-ortho nitro benzene ring substituents is 1. The second-order valence-electron chi connectivity index (χ2n) is 6.32. The van der Waals surface area contributed by atoms with Gasteiger partial charge in [-0.1, -0.05) is 24.3 Å². The number of nitrogens with zero attached hydrogens (tertiary/aromatic N) is 2. The first-order chi connectivity index (χ1) is 13.0. The molecule has 0 aliphatic heterocycles. The number of thiazole rings is 1. The molecular weight excluding hydrogens is 369 g/mol.